The second kappa shape index (κ2) is 7.56. The highest BCUT2D eigenvalue weighted by atomic mass is 16.5. The summed E-state index contributed by atoms with van der Waals surface area (Å²) in [5.41, 5.74) is 2.80. The van der Waals surface area contributed by atoms with Gasteiger partial charge in [0.25, 0.3) is 0 Å². The van der Waals surface area contributed by atoms with Gasteiger partial charge in [-0.05, 0) is 29.8 Å². The smallest absolute Gasteiger partial charge is 0.337 e. The Labute approximate surface area is 162 Å². The number of para-hydroxylation sites is 2. The number of carbonyl (C=O) groups excluding carboxylic acids is 2. The molecule has 0 atom stereocenters. The van der Waals surface area contributed by atoms with Gasteiger partial charge in [0, 0.05) is 11.1 Å². The fourth-order valence-corrected chi connectivity index (χ4v) is 3.26. The van der Waals surface area contributed by atoms with Crippen molar-refractivity contribution < 1.29 is 23.8 Å². The van der Waals surface area contributed by atoms with E-state index in [1.807, 2.05) is 48.5 Å². The van der Waals surface area contributed by atoms with Gasteiger partial charge in [-0.15, -0.1) is 0 Å². The second-order valence-corrected chi connectivity index (χ2v) is 6.41. The quantitative estimate of drug-likeness (QED) is 0.631. The largest absolute Gasteiger partial charge is 0.465 e. The summed E-state index contributed by atoms with van der Waals surface area (Å²) >= 11 is 0. The standard InChI is InChI=1S/C23H18O5/c1-26-22(24)16-12-10-15(11-13-16)14-27-23(25)21-17-6-2-4-8-19(17)28-20-9-5-3-7-18(20)21/h2-13,21H,14H2,1H3. The Morgan fingerprint density at radius 2 is 1.43 bits per heavy atom. The van der Waals surface area contributed by atoms with Crippen molar-refractivity contribution in [2.45, 2.75) is 12.5 Å². The number of hydrogen-bond acceptors (Lipinski definition) is 5. The zero-order valence-corrected chi connectivity index (χ0v) is 15.3. The van der Waals surface area contributed by atoms with E-state index in [4.69, 9.17) is 9.47 Å². The first-order valence-electron chi connectivity index (χ1n) is 8.87. The minimum absolute atomic E-state index is 0.113. The lowest BCUT2D eigenvalue weighted by molar-refractivity contribution is -0.145. The molecule has 140 valence electrons. The Morgan fingerprint density at radius 1 is 0.857 bits per heavy atom. The first kappa shape index (κ1) is 17.8. The van der Waals surface area contributed by atoms with Crippen LogP contribution in [0.25, 0.3) is 0 Å². The minimum Gasteiger partial charge on any atom is -0.465 e. The summed E-state index contributed by atoms with van der Waals surface area (Å²) in [5.74, 6) is 0.0193. The molecule has 0 aliphatic carbocycles. The van der Waals surface area contributed by atoms with E-state index < -0.39 is 11.9 Å². The molecule has 0 aromatic heterocycles. The molecule has 3 aromatic carbocycles. The van der Waals surface area contributed by atoms with Gasteiger partial charge in [0.15, 0.2) is 0 Å². The molecule has 0 saturated heterocycles. The number of rotatable bonds is 4. The number of esters is 2. The van der Waals surface area contributed by atoms with Crippen molar-refractivity contribution in [1.29, 1.82) is 0 Å². The van der Waals surface area contributed by atoms with Crippen molar-refractivity contribution in [2.24, 2.45) is 0 Å². The molecular formula is C23H18O5. The second-order valence-electron chi connectivity index (χ2n) is 6.41. The van der Waals surface area contributed by atoms with Crippen LogP contribution in [0.4, 0.5) is 0 Å². The molecule has 28 heavy (non-hydrogen) atoms. The Kier molecular flexibility index (Phi) is 4.81. The lowest BCUT2D eigenvalue weighted by Gasteiger charge is -2.26. The average Bonchev–Trinajstić information content (AvgIpc) is 2.75. The van der Waals surface area contributed by atoms with E-state index in [0.29, 0.717) is 17.1 Å². The van der Waals surface area contributed by atoms with Crippen molar-refractivity contribution in [3.05, 3.63) is 95.1 Å². The Morgan fingerprint density at radius 3 is 2.00 bits per heavy atom. The maximum atomic E-state index is 13.0. The molecular weight excluding hydrogens is 356 g/mol. The normalized spacial score (nSPS) is 12.3. The molecule has 5 heteroatoms. The van der Waals surface area contributed by atoms with Gasteiger partial charge in [-0.25, -0.2) is 4.79 Å². The molecule has 0 amide bonds. The third-order valence-electron chi connectivity index (χ3n) is 4.67. The van der Waals surface area contributed by atoms with Crippen LogP contribution in [0.5, 0.6) is 11.5 Å². The van der Waals surface area contributed by atoms with E-state index in [2.05, 4.69) is 4.74 Å². The number of ether oxygens (including phenoxy) is 3. The summed E-state index contributed by atoms with van der Waals surface area (Å²) in [4.78, 5) is 24.5. The molecule has 0 saturated carbocycles. The monoisotopic (exact) mass is 374 g/mol. The maximum absolute atomic E-state index is 13.0. The molecule has 5 nitrogen and oxygen atoms in total. The first-order valence-corrected chi connectivity index (χ1v) is 8.87. The highest BCUT2D eigenvalue weighted by molar-refractivity contribution is 5.89. The van der Waals surface area contributed by atoms with E-state index in [0.717, 1.165) is 16.7 Å². The average molecular weight is 374 g/mol. The Hall–Kier alpha value is -3.60. The van der Waals surface area contributed by atoms with Gasteiger partial charge in [-0.3, -0.25) is 4.79 Å². The van der Waals surface area contributed by atoms with Crippen LogP contribution in [-0.4, -0.2) is 19.0 Å². The number of benzene rings is 3. The van der Waals surface area contributed by atoms with Gasteiger partial charge in [0.1, 0.15) is 24.0 Å². The predicted octanol–water partition coefficient (Wildman–Crippen LogP) is 4.45. The highest BCUT2D eigenvalue weighted by Gasteiger charge is 2.33. The summed E-state index contributed by atoms with van der Waals surface area (Å²) < 4.78 is 16.2. The van der Waals surface area contributed by atoms with Crippen molar-refractivity contribution >= 4 is 11.9 Å². The topological polar surface area (TPSA) is 61.8 Å². The Balaban J connectivity index is 1.55. The molecule has 0 radical (unpaired) electrons. The summed E-state index contributed by atoms with van der Waals surface area (Å²) in [6.07, 6.45) is 0. The molecule has 1 heterocycles. The first-order chi connectivity index (χ1) is 13.7. The number of carbonyl (C=O) groups is 2. The SMILES string of the molecule is COC(=O)c1ccc(COC(=O)C2c3ccccc3Oc3ccccc32)cc1. The van der Waals surface area contributed by atoms with Gasteiger partial charge >= 0.3 is 11.9 Å². The molecule has 4 rings (SSSR count). The fourth-order valence-electron chi connectivity index (χ4n) is 3.26. The molecule has 0 spiro atoms. The van der Waals surface area contributed by atoms with E-state index in [1.54, 1.807) is 24.3 Å². The zero-order chi connectivity index (χ0) is 19.5. The third-order valence-corrected chi connectivity index (χ3v) is 4.67. The van der Waals surface area contributed by atoms with Crippen LogP contribution in [0.1, 0.15) is 33.0 Å². The molecule has 0 fully saturated rings. The fraction of sp³-hybridized carbons (Fsp3) is 0.130. The van der Waals surface area contributed by atoms with Crippen molar-refractivity contribution in [2.75, 3.05) is 7.11 Å². The van der Waals surface area contributed by atoms with Crippen LogP contribution in [0, 0.1) is 0 Å². The summed E-state index contributed by atoms with van der Waals surface area (Å²) in [6, 6.07) is 21.7. The predicted molar refractivity (Wildman–Crippen MR) is 102 cm³/mol. The Bertz CT molecular complexity index is 978. The molecule has 1 aliphatic heterocycles. The van der Waals surface area contributed by atoms with Crippen LogP contribution < -0.4 is 4.74 Å². The van der Waals surface area contributed by atoms with E-state index in [1.165, 1.54) is 7.11 Å². The van der Waals surface area contributed by atoms with Crippen LogP contribution >= 0.6 is 0 Å². The lowest BCUT2D eigenvalue weighted by atomic mass is 9.88. The molecule has 3 aromatic rings. The van der Waals surface area contributed by atoms with Crippen molar-refractivity contribution in [3.8, 4) is 11.5 Å². The number of methoxy groups -OCH3 is 1. The minimum atomic E-state index is -0.546. The van der Waals surface area contributed by atoms with E-state index in [-0.39, 0.29) is 12.6 Å². The van der Waals surface area contributed by atoms with Crippen molar-refractivity contribution in [3.63, 3.8) is 0 Å². The van der Waals surface area contributed by atoms with Gasteiger partial charge in [0.05, 0.1) is 12.7 Å². The highest BCUT2D eigenvalue weighted by Crippen LogP contribution is 2.44. The van der Waals surface area contributed by atoms with Crippen LogP contribution in [0.15, 0.2) is 72.8 Å². The van der Waals surface area contributed by atoms with Crippen LogP contribution in [0.2, 0.25) is 0 Å². The molecule has 0 unspecified atom stereocenters. The van der Waals surface area contributed by atoms with Gasteiger partial charge < -0.3 is 14.2 Å². The van der Waals surface area contributed by atoms with E-state index >= 15 is 0 Å². The van der Waals surface area contributed by atoms with Gasteiger partial charge in [0.2, 0.25) is 0 Å². The summed E-state index contributed by atoms with van der Waals surface area (Å²) in [6.45, 7) is 0.113. The maximum Gasteiger partial charge on any atom is 0.337 e. The number of fused-ring (bicyclic) bond motifs is 2. The van der Waals surface area contributed by atoms with Gasteiger partial charge in [-0.1, -0.05) is 48.5 Å². The third kappa shape index (κ3) is 3.34. The van der Waals surface area contributed by atoms with Crippen molar-refractivity contribution in [1.82, 2.24) is 0 Å². The lowest BCUT2D eigenvalue weighted by Crippen LogP contribution is -2.21. The number of hydrogen-bond donors (Lipinski definition) is 0. The van der Waals surface area contributed by atoms with Gasteiger partial charge in [-0.2, -0.15) is 0 Å². The van der Waals surface area contributed by atoms with Crippen LogP contribution in [-0.2, 0) is 20.9 Å². The molecule has 1 aliphatic rings. The molecule has 0 bridgehead atoms. The van der Waals surface area contributed by atoms with Crippen LogP contribution in [0.3, 0.4) is 0 Å². The zero-order valence-electron chi connectivity index (χ0n) is 15.3. The summed E-state index contributed by atoms with van der Waals surface area (Å²) in [5, 5.41) is 0. The molecule has 0 N–H and O–H groups in total. The summed E-state index contributed by atoms with van der Waals surface area (Å²) in [7, 11) is 1.33. The van der Waals surface area contributed by atoms with E-state index in [9.17, 15) is 9.59 Å².